The van der Waals surface area contributed by atoms with Crippen LogP contribution in [0.2, 0.25) is 0 Å². The van der Waals surface area contributed by atoms with Crippen LogP contribution in [0.25, 0.3) is 0 Å². The lowest BCUT2D eigenvalue weighted by molar-refractivity contribution is 0.420. The van der Waals surface area contributed by atoms with Crippen molar-refractivity contribution in [3.8, 4) is 0 Å². The maximum atomic E-state index is 12.7. The molecule has 2 rings (SSSR count). The number of hydrogen-bond donors (Lipinski definition) is 0. The molecule has 0 unspecified atom stereocenters. The molecule has 0 aliphatic rings. The summed E-state index contributed by atoms with van der Waals surface area (Å²) in [5, 5.41) is 0. The van der Waals surface area contributed by atoms with Crippen molar-refractivity contribution in [3.05, 3.63) is 53.5 Å². The lowest BCUT2D eigenvalue weighted by Gasteiger charge is -2.20. The molecule has 0 aliphatic heterocycles. The highest BCUT2D eigenvalue weighted by Crippen LogP contribution is 2.25. The fraction of sp³-hybridized carbons (Fsp3) is 0.333. The molecule has 1 aromatic heterocycles. The first-order valence-corrected chi connectivity index (χ1v) is 8.65. The molecule has 0 fully saturated rings. The third kappa shape index (κ3) is 3.48. The molecule has 0 aliphatic carbocycles. The van der Waals surface area contributed by atoms with E-state index in [2.05, 4.69) is 0 Å². The van der Waals surface area contributed by atoms with Crippen molar-refractivity contribution in [2.75, 3.05) is 6.54 Å². The Balaban J connectivity index is 2.33. The molecule has 0 saturated carbocycles. The number of furan rings is 1. The largest absolute Gasteiger partial charge is 0.464 e. The van der Waals surface area contributed by atoms with Crippen molar-refractivity contribution >= 4 is 21.6 Å². The van der Waals surface area contributed by atoms with Gasteiger partial charge in [-0.25, -0.2) is 8.42 Å². The number of aryl methyl sites for hydroxylation is 1. The smallest absolute Gasteiger partial charge is 0.246 e. The normalized spacial score (nSPS) is 12.0. The number of rotatable bonds is 6. The zero-order valence-corrected chi connectivity index (χ0v) is 13.6. The quantitative estimate of drug-likeness (QED) is 0.762. The monoisotopic (exact) mass is 327 g/mol. The summed E-state index contributed by atoms with van der Waals surface area (Å²) >= 11 is 5.70. The van der Waals surface area contributed by atoms with Crippen LogP contribution in [0.3, 0.4) is 0 Å². The number of halogens is 1. The van der Waals surface area contributed by atoms with Gasteiger partial charge in [-0.3, -0.25) is 0 Å². The molecule has 114 valence electrons. The molecule has 0 amide bonds. The summed E-state index contributed by atoms with van der Waals surface area (Å²) in [6, 6.07) is 11.0. The van der Waals surface area contributed by atoms with Crippen LogP contribution >= 0.6 is 11.6 Å². The molecular formula is C15H18ClNO3S. The third-order valence-electron chi connectivity index (χ3n) is 3.23. The van der Waals surface area contributed by atoms with E-state index in [4.69, 9.17) is 16.0 Å². The van der Waals surface area contributed by atoms with Gasteiger partial charge in [-0.2, -0.15) is 4.31 Å². The Morgan fingerprint density at radius 1 is 1.24 bits per heavy atom. The van der Waals surface area contributed by atoms with Gasteiger partial charge in [-0.1, -0.05) is 37.3 Å². The van der Waals surface area contributed by atoms with Gasteiger partial charge in [-0.05, 0) is 12.5 Å². The van der Waals surface area contributed by atoms with Gasteiger partial charge in [0.15, 0.2) is 0 Å². The molecule has 0 bridgehead atoms. The first-order valence-electron chi connectivity index (χ1n) is 6.68. The highest BCUT2D eigenvalue weighted by atomic mass is 35.5. The van der Waals surface area contributed by atoms with Crippen molar-refractivity contribution in [2.24, 2.45) is 0 Å². The van der Waals surface area contributed by atoms with Gasteiger partial charge < -0.3 is 4.42 Å². The summed E-state index contributed by atoms with van der Waals surface area (Å²) in [6.07, 6.45) is 0. The summed E-state index contributed by atoms with van der Waals surface area (Å²) in [6.45, 7) is 4.18. The average molecular weight is 328 g/mol. The molecule has 0 atom stereocenters. The second-order valence-electron chi connectivity index (χ2n) is 4.68. The van der Waals surface area contributed by atoms with Crippen molar-refractivity contribution < 1.29 is 12.8 Å². The van der Waals surface area contributed by atoms with Gasteiger partial charge in [0.1, 0.15) is 16.4 Å². The zero-order chi connectivity index (χ0) is 15.5. The van der Waals surface area contributed by atoms with E-state index in [0.29, 0.717) is 24.6 Å². The molecule has 6 heteroatoms. The van der Waals surface area contributed by atoms with Crippen LogP contribution in [0.15, 0.2) is 45.7 Å². The lowest BCUT2D eigenvalue weighted by atomic mass is 10.2. The number of alkyl halides is 1. The topological polar surface area (TPSA) is 50.5 Å². The summed E-state index contributed by atoms with van der Waals surface area (Å²) in [4.78, 5) is 0.191. The minimum Gasteiger partial charge on any atom is -0.464 e. The number of hydrogen-bond acceptors (Lipinski definition) is 3. The predicted octanol–water partition coefficient (Wildman–Crippen LogP) is 3.54. The van der Waals surface area contributed by atoms with Gasteiger partial charge >= 0.3 is 0 Å². The predicted molar refractivity (Wildman–Crippen MR) is 82.7 cm³/mol. The van der Waals surface area contributed by atoms with Crippen LogP contribution < -0.4 is 0 Å². The van der Waals surface area contributed by atoms with Gasteiger partial charge in [0.2, 0.25) is 10.0 Å². The fourth-order valence-corrected chi connectivity index (χ4v) is 3.89. The van der Waals surface area contributed by atoms with Crippen molar-refractivity contribution in [2.45, 2.75) is 31.2 Å². The van der Waals surface area contributed by atoms with Gasteiger partial charge in [0, 0.05) is 19.2 Å². The van der Waals surface area contributed by atoms with Crippen molar-refractivity contribution in [3.63, 3.8) is 0 Å². The van der Waals surface area contributed by atoms with Crippen LogP contribution in [0.4, 0.5) is 0 Å². The molecule has 0 radical (unpaired) electrons. The Labute approximate surface area is 130 Å². The molecule has 1 heterocycles. The Kier molecular flexibility index (Phi) is 5.08. The van der Waals surface area contributed by atoms with Crippen LogP contribution in [-0.4, -0.2) is 19.3 Å². The van der Waals surface area contributed by atoms with Crippen molar-refractivity contribution in [1.29, 1.82) is 0 Å². The number of benzene rings is 1. The standard InChI is InChI=1S/C15H18ClNO3S/c1-3-17(11-13-7-5-4-6-8-13)21(18,19)15-9-14(10-16)20-12(15)2/h4-9H,3,10-11H2,1-2H3. The fourth-order valence-electron chi connectivity index (χ4n) is 2.14. The second kappa shape index (κ2) is 6.64. The highest BCUT2D eigenvalue weighted by molar-refractivity contribution is 7.89. The molecule has 21 heavy (non-hydrogen) atoms. The molecule has 2 aromatic rings. The van der Waals surface area contributed by atoms with E-state index in [-0.39, 0.29) is 10.8 Å². The van der Waals surface area contributed by atoms with E-state index in [9.17, 15) is 8.42 Å². The minimum atomic E-state index is -3.59. The van der Waals surface area contributed by atoms with Gasteiger partial charge in [0.25, 0.3) is 0 Å². The summed E-state index contributed by atoms with van der Waals surface area (Å²) < 4.78 is 32.3. The summed E-state index contributed by atoms with van der Waals surface area (Å²) in [5.41, 5.74) is 0.946. The molecule has 0 N–H and O–H groups in total. The SMILES string of the molecule is CCN(Cc1ccccc1)S(=O)(=O)c1cc(CCl)oc1C. The number of nitrogens with zero attached hydrogens (tertiary/aromatic N) is 1. The van der Waals surface area contributed by atoms with Gasteiger partial charge in [-0.15, -0.1) is 11.6 Å². The maximum Gasteiger partial charge on any atom is 0.246 e. The highest BCUT2D eigenvalue weighted by Gasteiger charge is 2.27. The Hall–Kier alpha value is -1.30. The first kappa shape index (κ1) is 16.1. The third-order valence-corrected chi connectivity index (χ3v) is 5.52. The maximum absolute atomic E-state index is 12.7. The van der Waals surface area contributed by atoms with E-state index >= 15 is 0 Å². The van der Waals surface area contributed by atoms with Crippen LogP contribution in [0.5, 0.6) is 0 Å². The van der Waals surface area contributed by atoms with Crippen LogP contribution in [-0.2, 0) is 22.4 Å². The molecular weight excluding hydrogens is 310 g/mol. The van der Waals surface area contributed by atoms with E-state index in [1.165, 1.54) is 10.4 Å². The van der Waals surface area contributed by atoms with E-state index < -0.39 is 10.0 Å². The average Bonchev–Trinajstić information content (AvgIpc) is 2.87. The van der Waals surface area contributed by atoms with Gasteiger partial charge in [0.05, 0.1) is 5.88 Å². The molecule has 4 nitrogen and oxygen atoms in total. The second-order valence-corrected chi connectivity index (χ2v) is 6.86. The Morgan fingerprint density at radius 2 is 1.90 bits per heavy atom. The summed E-state index contributed by atoms with van der Waals surface area (Å²) in [7, 11) is -3.59. The Bertz CT molecular complexity index is 695. The van der Waals surface area contributed by atoms with E-state index in [0.717, 1.165) is 5.56 Å². The van der Waals surface area contributed by atoms with E-state index in [1.807, 2.05) is 37.3 Å². The lowest BCUT2D eigenvalue weighted by Crippen LogP contribution is -2.30. The minimum absolute atomic E-state index is 0.154. The van der Waals surface area contributed by atoms with E-state index in [1.54, 1.807) is 6.92 Å². The Morgan fingerprint density at radius 3 is 2.43 bits per heavy atom. The number of sulfonamides is 1. The molecule has 0 saturated heterocycles. The van der Waals surface area contributed by atoms with Crippen LogP contribution in [0.1, 0.15) is 24.0 Å². The molecule has 0 spiro atoms. The summed E-state index contributed by atoms with van der Waals surface area (Å²) in [5.74, 6) is 0.988. The molecule has 1 aromatic carbocycles. The van der Waals surface area contributed by atoms with Crippen LogP contribution in [0, 0.1) is 6.92 Å². The zero-order valence-electron chi connectivity index (χ0n) is 12.0. The first-order chi connectivity index (χ1) is 9.98. The van der Waals surface area contributed by atoms with Crippen molar-refractivity contribution in [1.82, 2.24) is 4.31 Å².